The van der Waals surface area contributed by atoms with Gasteiger partial charge in [0.05, 0.1) is 11.7 Å². The molecule has 1 fully saturated rings. The number of piperidine rings is 1. The summed E-state index contributed by atoms with van der Waals surface area (Å²) in [6, 6.07) is 16.0. The second kappa shape index (κ2) is 10.6. The van der Waals surface area contributed by atoms with E-state index >= 15 is 0 Å². The van der Waals surface area contributed by atoms with Gasteiger partial charge in [-0.1, -0.05) is 18.2 Å². The molecule has 4 rings (SSSR count). The van der Waals surface area contributed by atoms with Gasteiger partial charge in [-0.3, -0.25) is 9.10 Å². The van der Waals surface area contributed by atoms with Gasteiger partial charge in [0.2, 0.25) is 5.91 Å². The van der Waals surface area contributed by atoms with E-state index in [2.05, 4.69) is 22.3 Å². The van der Waals surface area contributed by atoms with Crippen molar-refractivity contribution < 1.29 is 17.6 Å². The molecule has 0 radical (unpaired) electrons. The molecule has 6 nitrogen and oxygen atoms in total. The molecule has 1 saturated heterocycles. The maximum absolute atomic E-state index is 13.4. The standard InChI is InChI=1S/C25H28FN3O3S2/c1-19(20-7-11-22(12-8-20)28-15-3-2-4-16-28)27-24(30)18-29(23-13-9-21(26)10-14-23)34(31,32)25-6-5-17-33-25/h5-14,17,19H,2-4,15-16,18H2,1H3,(H,27,30). The minimum atomic E-state index is -3.97. The van der Waals surface area contributed by atoms with Crippen molar-refractivity contribution in [3.05, 3.63) is 77.4 Å². The normalized spacial score (nSPS) is 15.1. The van der Waals surface area contributed by atoms with Crippen LogP contribution in [0.3, 0.4) is 0 Å². The molecule has 0 spiro atoms. The molecule has 2 heterocycles. The topological polar surface area (TPSA) is 69.7 Å². The Morgan fingerprint density at radius 1 is 1.06 bits per heavy atom. The molecule has 1 aliphatic heterocycles. The fraction of sp³-hybridized carbons (Fsp3) is 0.320. The lowest BCUT2D eigenvalue weighted by Gasteiger charge is -2.29. The third-order valence-electron chi connectivity index (χ3n) is 5.93. The first kappa shape index (κ1) is 24.2. The van der Waals surface area contributed by atoms with Gasteiger partial charge in [-0.15, -0.1) is 11.3 Å². The summed E-state index contributed by atoms with van der Waals surface area (Å²) in [5.41, 5.74) is 2.33. The van der Waals surface area contributed by atoms with Crippen molar-refractivity contribution >= 4 is 38.6 Å². The van der Waals surface area contributed by atoms with Crippen LogP contribution in [-0.2, 0) is 14.8 Å². The van der Waals surface area contributed by atoms with Crippen molar-refractivity contribution in [1.29, 1.82) is 0 Å². The highest BCUT2D eigenvalue weighted by Gasteiger charge is 2.28. The predicted octanol–water partition coefficient (Wildman–Crippen LogP) is 4.95. The van der Waals surface area contributed by atoms with Crippen LogP contribution in [0.15, 0.2) is 70.3 Å². The summed E-state index contributed by atoms with van der Waals surface area (Å²) in [6.45, 7) is 3.57. The summed E-state index contributed by atoms with van der Waals surface area (Å²) < 4.78 is 41.0. The quantitative estimate of drug-likeness (QED) is 0.474. The van der Waals surface area contributed by atoms with Gasteiger partial charge in [0, 0.05) is 18.8 Å². The van der Waals surface area contributed by atoms with Crippen LogP contribution >= 0.6 is 11.3 Å². The summed E-state index contributed by atoms with van der Waals surface area (Å²) in [6.07, 6.45) is 3.68. The minimum absolute atomic E-state index is 0.117. The zero-order valence-electron chi connectivity index (χ0n) is 19.0. The van der Waals surface area contributed by atoms with Crippen LogP contribution in [-0.4, -0.2) is 34.0 Å². The molecule has 1 aliphatic rings. The van der Waals surface area contributed by atoms with Crippen molar-refractivity contribution in [3.8, 4) is 0 Å². The third kappa shape index (κ3) is 5.59. The van der Waals surface area contributed by atoms with Gasteiger partial charge in [0.25, 0.3) is 10.0 Å². The molecule has 1 atom stereocenters. The largest absolute Gasteiger partial charge is 0.372 e. The summed E-state index contributed by atoms with van der Waals surface area (Å²) in [7, 11) is -3.97. The highest BCUT2D eigenvalue weighted by molar-refractivity contribution is 7.94. The van der Waals surface area contributed by atoms with Gasteiger partial charge in [-0.25, -0.2) is 12.8 Å². The number of anilines is 2. The van der Waals surface area contributed by atoms with Crippen LogP contribution in [0.4, 0.5) is 15.8 Å². The fourth-order valence-corrected chi connectivity index (χ4v) is 6.59. The highest BCUT2D eigenvalue weighted by atomic mass is 32.2. The van der Waals surface area contributed by atoms with Crippen molar-refractivity contribution in [2.75, 3.05) is 28.8 Å². The molecule has 1 N–H and O–H groups in total. The van der Waals surface area contributed by atoms with E-state index in [9.17, 15) is 17.6 Å². The Morgan fingerprint density at radius 3 is 2.35 bits per heavy atom. The minimum Gasteiger partial charge on any atom is -0.372 e. The lowest BCUT2D eigenvalue weighted by Crippen LogP contribution is -2.41. The summed E-state index contributed by atoms with van der Waals surface area (Å²) in [4.78, 5) is 15.3. The second-order valence-corrected chi connectivity index (χ2v) is 11.4. The molecule has 1 unspecified atom stereocenters. The van der Waals surface area contributed by atoms with Crippen LogP contribution in [0.1, 0.15) is 37.8 Å². The van der Waals surface area contributed by atoms with Crippen LogP contribution in [0.2, 0.25) is 0 Å². The summed E-state index contributed by atoms with van der Waals surface area (Å²) in [5, 5.41) is 4.55. The van der Waals surface area contributed by atoms with E-state index in [4.69, 9.17) is 0 Å². The van der Waals surface area contributed by atoms with Crippen LogP contribution < -0.4 is 14.5 Å². The fourth-order valence-electron chi connectivity index (χ4n) is 4.07. The van der Waals surface area contributed by atoms with Crippen LogP contribution in [0.5, 0.6) is 0 Å². The average molecular weight is 502 g/mol. The Labute approximate surface area is 204 Å². The number of benzene rings is 2. The number of thiophene rings is 1. The molecule has 0 saturated carbocycles. The number of hydrogen-bond donors (Lipinski definition) is 1. The van der Waals surface area contributed by atoms with Crippen molar-refractivity contribution in [2.24, 2.45) is 0 Å². The van der Waals surface area contributed by atoms with Gasteiger partial charge in [0.15, 0.2) is 0 Å². The van der Waals surface area contributed by atoms with Crippen LogP contribution in [0.25, 0.3) is 0 Å². The third-order valence-corrected chi connectivity index (χ3v) is 9.08. The first-order valence-electron chi connectivity index (χ1n) is 11.3. The highest BCUT2D eigenvalue weighted by Crippen LogP contribution is 2.27. The van der Waals surface area contributed by atoms with Gasteiger partial charge >= 0.3 is 0 Å². The van der Waals surface area contributed by atoms with E-state index in [0.29, 0.717) is 0 Å². The molecule has 34 heavy (non-hydrogen) atoms. The zero-order valence-corrected chi connectivity index (χ0v) is 20.6. The van der Waals surface area contributed by atoms with Gasteiger partial charge in [0.1, 0.15) is 16.6 Å². The molecule has 0 aliphatic carbocycles. The van der Waals surface area contributed by atoms with Gasteiger partial charge in [-0.2, -0.15) is 0 Å². The first-order chi connectivity index (χ1) is 16.3. The number of halogens is 1. The number of sulfonamides is 1. The smallest absolute Gasteiger partial charge is 0.274 e. The average Bonchev–Trinajstić information content (AvgIpc) is 3.40. The zero-order chi connectivity index (χ0) is 24.1. The molecular formula is C25H28FN3O3S2. The Balaban J connectivity index is 1.47. The number of rotatable bonds is 8. The molecule has 1 amide bonds. The number of amides is 1. The molecule has 3 aromatic rings. The molecular weight excluding hydrogens is 473 g/mol. The Morgan fingerprint density at radius 2 is 1.74 bits per heavy atom. The second-order valence-electron chi connectivity index (χ2n) is 8.35. The van der Waals surface area contributed by atoms with E-state index < -0.39 is 28.3 Å². The van der Waals surface area contributed by atoms with Gasteiger partial charge < -0.3 is 10.2 Å². The van der Waals surface area contributed by atoms with Crippen molar-refractivity contribution in [1.82, 2.24) is 5.32 Å². The number of carbonyl (C=O) groups is 1. The van der Waals surface area contributed by atoms with Gasteiger partial charge in [-0.05, 0) is 79.6 Å². The number of nitrogens with zero attached hydrogens (tertiary/aromatic N) is 2. The predicted molar refractivity (Wildman–Crippen MR) is 134 cm³/mol. The Hall–Kier alpha value is -2.91. The summed E-state index contributed by atoms with van der Waals surface area (Å²) in [5.74, 6) is -0.930. The number of nitrogens with one attached hydrogen (secondary N) is 1. The Bertz CT molecular complexity index is 1190. The maximum Gasteiger partial charge on any atom is 0.274 e. The lowest BCUT2D eigenvalue weighted by molar-refractivity contribution is -0.120. The molecule has 180 valence electrons. The number of hydrogen-bond acceptors (Lipinski definition) is 5. The molecule has 1 aromatic heterocycles. The molecule has 9 heteroatoms. The monoisotopic (exact) mass is 501 g/mol. The Kier molecular flexibility index (Phi) is 7.53. The molecule has 2 aromatic carbocycles. The van der Waals surface area contributed by atoms with E-state index in [1.807, 2.05) is 19.1 Å². The first-order valence-corrected chi connectivity index (χ1v) is 13.6. The maximum atomic E-state index is 13.4. The summed E-state index contributed by atoms with van der Waals surface area (Å²) >= 11 is 1.07. The van der Waals surface area contributed by atoms with Crippen LogP contribution in [0, 0.1) is 5.82 Å². The SMILES string of the molecule is CC(NC(=O)CN(c1ccc(F)cc1)S(=O)(=O)c1cccs1)c1ccc(N2CCCCC2)cc1. The number of carbonyl (C=O) groups excluding carboxylic acids is 1. The van der Waals surface area contributed by atoms with E-state index in [0.717, 1.165) is 34.3 Å². The van der Waals surface area contributed by atoms with Crippen molar-refractivity contribution in [2.45, 2.75) is 36.4 Å². The van der Waals surface area contributed by atoms with E-state index in [1.54, 1.807) is 11.4 Å². The van der Waals surface area contributed by atoms with E-state index in [1.165, 1.54) is 55.3 Å². The lowest BCUT2D eigenvalue weighted by atomic mass is 10.1. The van der Waals surface area contributed by atoms with Crippen molar-refractivity contribution in [3.63, 3.8) is 0 Å². The molecule has 0 bridgehead atoms. The van der Waals surface area contributed by atoms with E-state index in [-0.39, 0.29) is 15.9 Å².